The zero-order valence-electron chi connectivity index (χ0n) is 39.6. The van der Waals surface area contributed by atoms with E-state index in [9.17, 15) is 33.7 Å². The van der Waals surface area contributed by atoms with Crippen LogP contribution in [0.4, 0.5) is 0 Å². The third-order valence-electron chi connectivity index (χ3n) is 12.4. The largest absolute Gasteiger partial charge is 0.457 e. The van der Waals surface area contributed by atoms with Gasteiger partial charge in [0.1, 0.15) is 46.0 Å². The summed E-state index contributed by atoms with van der Waals surface area (Å²) in [4.78, 5) is 0.462. The van der Waals surface area contributed by atoms with Crippen molar-refractivity contribution in [3.63, 3.8) is 0 Å². The lowest BCUT2D eigenvalue weighted by Crippen LogP contribution is -2.02. The number of ether oxygens (including phenoxy) is 4. The highest BCUT2D eigenvalue weighted by molar-refractivity contribution is 7.92. The Balaban J connectivity index is 0.867. The molecule has 0 saturated carbocycles. The second-order valence-corrected chi connectivity index (χ2v) is 25.2. The van der Waals surface area contributed by atoms with Crippen molar-refractivity contribution >= 4 is 39.3 Å². The molecule has 376 valence electrons. The van der Waals surface area contributed by atoms with E-state index in [1.165, 1.54) is 97.1 Å². The highest BCUT2D eigenvalue weighted by atomic mass is 32.2. The maximum absolute atomic E-state index is 13.7. The van der Waals surface area contributed by atoms with Crippen LogP contribution in [0, 0.1) is 0 Å². The van der Waals surface area contributed by atoms with Gasteiger partial charge in [0.2, 0.25) is 39.3 Å². The Hall–Kier alpha value is -8.80. The van der Waals surface area contributed by atoms with E-state index < -0.39 is 39.3 Å². The normalized spacial score (nSPS) is 15.1. The third-order valence-corrected chi connectivity index (χ3v) is 19.6. The van der Waals surface area contributed by atoms with E-state index >= 15 is 0 Å². The van der Waals surface area contributed by atoms with Crippen LogP contribution in [0.1, 0.15) is 0 Å². The predicted molar refractivity (Wildman–Crippen MR) is 285 cm³/mol. The van der Waals surface area contributed by atoms with Gasteiger partial charge in [0.15, 0.2) is 0 Å². The molecule has 10 aromatic carbocycles. The van der Waals surface area contributed by atoms with E-state index in [4.69, 9.17) is 18.9 Å². The Morgan fingerprint density at radius 2 is 0.342 bits per heavy atom. The fourth-order valence-electron chi connectivity index (χ4n) is 8.34. The van der Waals surface area contributed by atoms with Crippen molar-refractivity contribution in [2.45, 2.75) is 39.2 Å². The molecule has 0 aromatic heterocycles. The maximum Gasteiger partial charge on any atom is 0.206 e. The standard InChI is InChI=1S/C60H40O12S4/c61-73(62)53-23-7-41(8-24-53)43-11-27-55(28-12-43)75(65,66)59-35-19-47(20-36-59)71-51-5-2-6-52(40-51)72-48-21-37-60(38-22-48)76(67,68)56-29-13-44(14-30-56)42-9-25-54(26-10-42)74(63,64)58-33-17-46(18-34-58)70-50-4-1-3-49(39-50)69-45-15-31-57(73)32-16-45/h1-40H. The van der Waals surface area contributed by atoms with Gasteiger partial charge in [-0.1, -0.05) is 60.7 Å². The zero-order chi connectivity index (χ0) is 52.7. The van der Waals surface area contributed by atoms with E-state index in [1.54, 1.807) is 146 Å². The van der Waals surface area contributed by atoms with E-state index in [0.29, 0.717) is 68.2 Å². The lowest BCUT2D eigenvalue weighted by Gasteiger charge is -2.12. The average Bonchev–Trinajstić information content (AvgIpc) is 3.45. The summed E-state index contributed by atoms with van der Waals surface area (Å²) in [5, 5.41) is 0. The summed E-state index contributed by atoms with van der Waals surface area (Å²) in [5.74, 6) is 3.09. The molecule has 0 fully saturated rings. The summed E-state index contributed by atoms with van der Waals surface area (Å²) in [5.41, 5.74) is 2.70. The number of rotatable bonds is 0. The second-order valence-electron chi connectivity index (χ2n) is 17.4. The number of hydrogen-bond donors (Lipinski definition) is 0. The molecule has 13 heterocycles. The average molecular weight is 1080 g/mol. The molecule has 20 bridgehead atoms. The second kappa shape index (κ2) is 19.8. The summed E-state index contributed by atoms with van der Waals surface area (Å²) in [6.45, 7) is 0. The van der Waals surface area contributed by atoms with Gasteiger partial charge in [-0.05, 0) is 192 Å². The van der Waals surface area contributed by atoms with Crippen molar-refractivity contribution < 1.29 is 52.6 Å². The Labute approximate surface area is 439 Å². The molecule has 0 N–H and O–H groups in total. The van der Waals surface area contributed by atoms with Gasteiger partial charge in [0.05, 0.1) is 39.2 Å². The van der Waals surface area contributed by atoms with Crippen LogP contribution in [0.3, 0.4) is 0 Å². The number of sulfone groups is 4. The SMILES string of the molecule is O=S1(=O)c2ccc(cc2)Oc2cccc(c2)Oc2ccc(cc2)S(=O)(=O)c2ccc(cc2)-c2ccc(cc2)S(=O)(=O)c2ccc(cc2)Oc2cccc(c2)Oc2ccc(cc2)S(=O)(=O)c2ccc(cc2)-c2ccc1cc2. The highest BCUT2D eigenvalue weighted by Crippen LogP contribution is 2.36. The fourth-order valence-corrected chi connectivity index (χ4v) is 13.4. The first kappa shape index (κ1) is 49.4. The summed E-state index contributed by atoms with van der Waals surface area (Å²) >= 11 is 0. The van der Waals surface area contributed by atoms with Gasteiger partial charge in [-0.2, -0.15) is 0 Å². The molecule has 0 spiro atoms. The fraction of sp³-hybridized carbons (Fsp3) is 0. The smallest absolute Gasteiger partial charge is 0.206 e. The molecule has 16 heteroatoms. The van der Waals surface area contributed by atoms with Crippen molar-refractivity contribution in [3.8, 4) is 68.2 Å². The van der Waals surface area contributed by atoms with Gasteiger partial charge in [0, 0.05) is 12.1 Å². The molecule has 12 nitrogen and oxygen atoms in total. The third kappa shape index (κ3) is 10.1. The quantitative estimate of drug-likeness (QED) is 0.141. The highest BCUT2D eigenvalue weighted by Gasteiger charge is 2.23. The van der Waals surface area contributed by atoms with E-state index in [2.05, 4.69) is 0 Å². The lowest BCUT2D eigenvalue weighted by molar-refractivity contribution is 0.459. The predicted octanol–water partition coefficient (Wildman–Crippen LogP) is 13.8. The minimum atomic E-state index is -3.93. The van der Waals surface area contributed by atoms with Crippen molar-refractivity contribution in [2.75, 3.05) is 0 Å². The van der Waals surface area contributed by atoms with Crippen LogP contribution in [0.25, 0.3) is 22.3 Å². The molecule has 0 saturated heterocycles. The number of hydrogen-bond acceptors (Lipinski definition) is 12. The van der Waals surface area contributed by atoms with Crippen molar-refractivity contribution in [1.29, 1.82) is 0 Å². The molecule has 0 amide bonds. The molecule has 13 aliphatic rings. The van der Waals surface area contributed by atoms with E-state index in [1.807, 2.05) is 0 Å². The van der Waals surface area contributed by atoms with E-state index in [0.717, 1.165) is 0 Å². The monoisotopic (exact) mass is 1080 g/mol. The maximum atomic E-state index is 13.7. The molecule has 23 rings (SSSR count). The lowest BCUT2D eigenvalue weighted by atomic mass is 10.1. The van der Waals surface area contributed by atoms with E-state index in [-0.39, 0.29) is 39.2 Å². The van der Waals surface area contributed by atoms with Gasteiger partial charge < -0.3 is 18.9 Å². The van der Waals surface area contributed by atoms with Gasteiger partial charge in [0.25, 0.3) is 0 Å². The topological polar surface area (TPSA) is 173 Å². The van der Waals surface area contributed by atoms with Gasteiger partial charge >= 0.3 is 0 Å². The molecule has 0 radical (unpaired) electrons. The van der Waals surface area contributed by atoms with Crippen molar-refractivity contribution in [3.05, 3.63) is 243 Å². The van der Waals surface area contributed by atoms with Gasteiger partial charge in [-0.15, -0.1) is 0 Å². The first-order valence-corrected chi connectivity index (χ1v) is 29.2. The van der Waals surface area contributed by atoms with Crippen LogP contribution < -0.4 is 18.9 Å². The van der Waals surface area contributed by atoms with Crippen molar-refractivity contribution in [1.82, 2.24) is 0 Å². The molecular weight excluding hydrogens is 1040 g/mol. The Bertz CT molecular complexity index is 3690. The number of benzene rings is 10. The molecule has 10 aromatic rings. The van der Waals surface area contributed by atoms with Crippen LogP contribution in [-0.2, 0) is 39.3 Å². The Morgan fingerprint density at radius 3 is 0.513 bits per heavy atom. The molecule has 0 unspecified atom stereocenters. The molecular formula is C60H40O12S4. The molecule has 0 atom stereocenters. The first-order valence-electron chi connectivity index (χ1n) is 23.3. The Morgan fingerprint density at radius 1 is 0.184 bits per heavy atom. The minimum absolute atomic E-state index is 0.0500. The van der Waals surface area contributed by atoms with Crippen LogP contribution >= 0.6 is 0 Å². The van der Waals surface area contributed by atoms with Crippen LogP contribution in [-0.4, -0.2) is 33.7 Å². The molecule has 13 aliphatic heterocycles. The van der Waals surface area contributed by atoms with Crippen LogP contribution in [0.5, 0.6) is 46.0 Å². The minimum Gasteiger partial charge on any atom is -0.457 e. The summed E-state index contributed by atoms with van der Waals surface area (Å²) < 4.78 is 134. The van der Waals surface area contributed by atoms with Crippen LogP contribution in [0.15, 0.2) is 282 Å². The summed E-state index contributed by atoms with van der Waals surface area (Å²) in [6.07, 6.45) is 0. The Kier molecular flexibility index (Phi) is 12.9. The van der Waals surface area contributed by atoms with Gasteiger partial charge in [-0.25, -0.2) is 33.7 Å². The van der Waals surface area contributed by atoms with Crippen LogP contribution in [0.2, 0.25) is 0 Å². The summed E-state index contributed by atoms with van der Waals surface area (Å²) in [6, 6.07) is 62.7. The van der Waals surface area contributed by atoms with Crippen molar-refractivity contribution in [2.24, 2.45) is 0 Å². The zero-order valence-corrected chi connectivity index (χ0v) is 42.9. The molecule has 76 heavy (non-hydrogen) atoms. The first-order chi connectivity index (χ1) is 36.6. The summed E-state index contributed by atoms with van der Waals surface area (Å²) in [7, 11) is -15.7. The molecule has 0 aliphatic carbocycles. The van der Waals surface area contributed by atoms with Gasteiger partial charge in [-0.3, -0.25) is 0 Å².